The van der Waals surface area contributed by atoms with E-state index in [1.54, 1.807) is 11.8 Å². The van der Waals surface area contributed by atoms with Gasteiger partial charge in [-0.25, -0.2) is 0 Å². The molecule has 0 heterocycles. The van der Waals surface area contributed by atoms with Gasteiger partial charge in [0.2, 0.25) is 0 Å². The number of hydrogen-bond acceptors (Lipinski definition) is 4. The van der Waals surface area contributed by atoms with Gasteiger partial charge in [0, 0.05) is 6.54 Å². The molecule has 4 heteroatoms. The number of hydrogen-bond donors (Lipinski definition) is 1. The molecule has 0 saturated carbocycles. The van der Waals surface area contributed by atoms with E-state index in [1.807, 2.05) is 31.2 Å². The number of carbonyl (C=O) groups excluding carboxylic acids is 1. The lowest BCUT2D eigenvalue weighted by Gasteiger charge is -2.31. The summed E-state index contributed by atoms with van der Waals surface area (Å²) in [5, 5.41) is 0. The first kappa shape index (κ1) is 16.1. The Labute approximate surface area is 119 Å². The van der Waals surface area contributed by atoms with Gasteiger partial charge in [0.25, 0.3) is 0 Å². The molecule has 0 spiro atoms. The van der Waals surface area contributed by atoms with Crippen molar-refractivity contribution < 1.29 is 9.53 Å². The summed E-state index contributed by atoms with van der Waals surface area (Å²) in [7, 11) is 1.43. The second-order valence-corrected chi connectivity index (χ2v) is 5.67. The molecule has 0 aliphatic rings. The zero-order valence-corrected chi connectivity index (χ0v) is 12.8. The maximum Gasteiger partial charge on any atom is 0.317 e. The average molecular weight is 281 g/mol. The molecule has 3 nitrogen and oxygen atoms in total. The smallest absolute Gasteiger partial charge is 0.317 e. The molecule has 1 atom stereocenters. The topological polar surface area (TPSA) is 52.3 Å². The molecule has 0 bridgehead atoms. The van der Waals surface area contributed by atoms with E-state index >= 15 is 0 Å². The molecule has 0 fully saturated rings. The summed E-state index contributed by atoms with van der Waals surface area (Å²) in [5.41, 5.74) is 7.32. The molecule has 0 amide bonds. The fourth-order valence-electron chi connectivity index (χ4n) is 2.47. The Morgan fingerprint density at radius 2 is 2.11 bits per heavy atom. The lowest BCUT2D eigenvalue weighted by molar-refractivity contribution is -0.147. The van der Waals surface area contributed by atoms with Gasteiger partial charge in [0.1, 0.15) is 5.41 Å². The fourth-order valence-corrected chi connectivity index (χ4v) is 2.90. The van der Waals surface area contributed by atoms with Crippen molar-refractivity contribution in [3.8, 4) is 0 Å². The molecule has 1 aromatic carbocycles. The summed E-state index contributed by atoms with van der Waals surface area (Å²) in [6.45, 7) is 2.29. The average Bonchev–Trinajstić information content (AvgIpc) is 2.44. The number of rotatable bonds is 7. The third-order valence-corrected chi connectivity index (χ3v) is 4.23. The van der Waals surface area contributed by atoms with E-state index in [9.17, 15) is 4.79 Å². The number of ether oxygens (including phenoxy) is 1. The molecule has 1 unspecified atom stereocenters. The zero-order chi connectivity index (χ0) is 14.3. The Morgan fingerprint density at radius 1 is 1.42 bits per heavy atom. The Morgan fingerprint density at radius 3 is 2.63 bits per heavy atom. The summed E-state index contributed by atoms with van der Waals surface area (Å²) in [6.07, 6.45) is 3.74. The van der Waals surface area contributed by atoms with Crippen LogP contribution in [0.1, 0.15) is 24.0 Å². The Kier molecular flexibility index (Phi) is 6.38. The molecule has 0 radical (unpaired) electrons. The first-order valence-corrected chi connectivity index (χ1v) is 7.85. The summed E-state index contributed by atoms with van der Waals surface area (Å²) >= 11 is 1.78. The van der Waals surface area contributed by atoms with Crippen LogP contribution in [-0.2, 0) is 14.9 Å². The van der Waals surface area contributed by atoms with Crippen LogP contribution in [-0.4, -0.2) is 31.6 Å². The number of benzene rings is 1. The second-order valence-electron chi connectivity index (χ2n) is 4.69. The molecular formula is C15H23NO2S. The minimum Gasteiger partial charge on any atom is -0.468 e. The molecule has 1 rings (SSSR count). The van der Waals surface area contributed by atoms with Crippen molar-refractivity contribution >= 4 is 17.7 Å². The van der Waals surface area contributed by atoms with Crippen molar-refractivity contribution in [3.63, 3.8) is 0 Å². The zero-order valence-electron chi connectivity index (χ0n) is 11.9. The summed E-state index contributed by atoms with van der Waals surface area (Å²) in [5.74, 6) is 0.787. The first-order valence-electron chi connectivity index (χ1n) is 6.46. The van der Waals surface area contributed by atoms with E-state index in [-0.39, 0.29) is 12.5 Å². The molecule has 0 aliphatic carbocycles. The lowest BCUT2D eigenvalue weighted by Crippen LogP contribution is -2.44. The molecule has 106 valence electrons. The first-order chi connectivity index (χ1) is 9.12. The van der Waals surface area contributed by atoms with Gasteiger partial charge in [-0.15, -0.1) is 0 Å². The van der Waals surface area contributed by atoms with Crippen molar-refractivity contribution in [2.24, 2.45) is 5.73 Å². The lowest BCUT2D eigenvalue weighted by atomic mass is 9.75. The molecule has 1 aromatic rings. The van der Waals surface area contributed by atoms with Crippen LogP contribution in [0.15, 0.2) is 24.3 Å². The van der Waals surface area contributed by atoms with Crippen LogP contribution in [0.3, 0.4) is 0 Å². The SMILES string of the molecule is COC(=O)C(CN)(CCCSC)c1ccccc1C. The van der Waals surface area contributed by atoms with E-state index in [1.165, 1.54) is 7.11 Å². The van der Waals surface area contributed by atoms with Crippen LogP contribution in [0, 0.1) is 6.92 Å². The van der Waals surface area contributed by atoms with E-state index in [0.717, 1.165) is 29.7 Å². The molecule has 0 aliphatic heterocycles. The third-order valence-electron chi connectivity index (χ3n) is 3.54. The summed E-state index contributed by atoms with van der Waals surface area (Å²) in [6, 6.07) is 7.92. The number of esters is 1. The van der Waals surface area contributed by atoms with Crippen molar-refractivity contribution in [2.75, 3.05) is 25.7 Å². The van der Waals surface area contributed by atoms with E-state index in [4.69, 9.17) is 10.5 Å². The third kappa shape index (κ3) is 3.51. The highest BCUT2D eigenvalue weighted by atomic mass is 32.2. The van der Waals surface area contributed by atoms with Crippen LogP contribution >= 0.6 is 11.8 Å². The highest BCUT2D eigenvalue weighted by Gasteiger charge is 2.40. The summed E-state index contributed by atoms with van der Waals surface area (Å²) in [4.78, 5) is 12.3. The monoisotopic (exact) mass is 281 g/mol. The number of aryl methyl sites for hydroxylation is 1. The Balaban J connectivity index is 3.16. The standard InChI is InChI=1S/C15H23NO2S/c1-12-7-4-5-8-13(12)15(11-16,14(17)18-2)9-6-10-19-3/h4-5,7-8H,6,9-11,16H2,1-3H3. The van der Waals surface area contributed by atoms with Crippen LogP contribution < -0.4 is 5.73 Å². The predicted octanol–water partition coefficient (Wildman–Crippen LogP) is 2.51. The van der Waals surface area contributed by atoms with Crippen LogP contribution in [0.5, 0.6) is 0 Å². The number of nitrogens with two attached hydrogens (primary N) is 1. The van der Waals surface area contributed by atoms with Crippen LogP contribution in [0.2, 0.25) is 0 Å². The van der Waals surface area contributed by atoms with Crippen molar-refractivity contribution in [2.45, 2.75) is 25.2 Å². The molecule has 0 aromatic heterocycles. The van der Waals surface area contributed by atoms with Gasteiger partial charge in [-0.3, -0.25) is 4.79 Å². The van der Waals surface area contributed by atoms with Gasteiger partial charge in [-0.1, -0.05) is 24.3 Å². The van der Waals surface area contributed by atoms with Crippen molar-refractivity contribution in [3.05, 3.63) is 35.4 Å². The second kappa shape index (κ2) is 7.56. The van der Waals surface area contributed by atoms with Crippen LogP contribution in [0.4, 0.5) is 0 Å². The molecule has 19 heavy (non-hydrogen) atoms. The predicted molar refractivity (Wildman–Crippen MR) is 81.5 cm³/mol. The minimum absolute atomic E-state index is 0.231. The van der Waals surface area contributed by atoms with Crippen molar-refractivity contribution in [1.82, 2.24) is 0 Å². The quantitative estimate of drug-likeness (QED) is 0.616. The Bertz CT molecular complexity index is 422. The number of carbonyl (C=O) groups is 1. The largest absolute Gasteiger partial charge is 0.468 e. The number of thioether (sulfide) groups is 1. The molecule has 2 N–H and O–H groups in total. The van der Waals surface area contributed by atoms with Gasteiger partial charge in [-0.05, 0) is 42.9 Å². The van der Waals surface area contributed by atoms with E-state index in [2.05, 4.69) is 6.26 Å². The molecule has 0 saturated heterocycles. The molecular weight excluding hydrogens is 258 g/mol. The van der Waals surface area contributed by atoms with Crippen LogP contribution in [0.25, 0.3) is 0 Å². The summed E-state index contributed by atoms with van der Waals surface area (Å²) < 4.78 is 5.02. The van der Waals surface area contributed by atoms with Gasteiger partial charge >= 0.3 is 5.97 Å². The number of methoxy groups -OCH3 is 1. The van der Waals surface area contributed by atoms with Gasteiger partial charge in [-0.2, -0.15) is 11.8 Å². The highest BCUT2D eigenvalue weighted by Crippen LogP contribution is 2.32. The minimum atomic E-state index is -0.712. The Hall–Kier alpha value is -1.00. The van der Waals surface area contributed by atoms with Crippen molar-refractivity contribution in [1.29, 1.82) is 0 Å². The van der Waals surface area contributed by atoms with E-state index < -0.39 is 5.41 Å². The maximum absolute atomic E-state index is 12.3. The van der Waals surface area contributed by atoms with Gasteiger partial charge in [0.05, 0.1) is 7.11 Å². The maximum atomic E-state index is 12.3. The normalized spacial score (nSPS) is 13.9. The van der Waals surface area contributed by atoms with Gasteiger partial charge < -0.3 is 10.5 Å². The highest BCUT2D eigenvalue weighted by molar-refractivity contribution is 7.98. The fraction of sp³-hybridized carbons (Fsp3) is 0.533. The van der Waals surface area contributed by atoms with E-state index in [0.29, 0.717) is 0 Å². The van der Waals surface area contributed by atoms with Gasteiger partial charge in [0.15, 0.2) is 0 Å².